The van der Waals surface area contributed by atoms with E-state index in [2.05, 4.69) is 6.92 Å². The Balaban J connectivity index is 2.09. The van der Waals surface area contributed by atoms with Crippen LogP contribution in [0.4, 0.5) is 0 Å². The van der Waals surface area contributed by atoms with Crippen LogP contribution in [-0.4, -0.2) is 6.61 Å². The Hall–Kier alpha value is -1.18. The monoisotopic (exact) mass is 150 g/mol. The number of fused-ring (bicyclic) bond motifs is 1. The summed E-state index contributed by atoms with van der Waals surface area (Å²) < 4.78 is 10.6. The fourth-order valence-corrected chi connectivity index (χ4v) is 0.990. The summed E-state index contributed by atoms with van der Waals surface area (Å²) in [6.45, 7) is 2.85. The van der Waals surface area contributed by atoms with E-state index in [9.17, 15) is 0 Å². The van der Waals surface area contributed by atoms with Crippen molar-refractivity contribution in [1.82, 2.24) is 0 Å². The van der Waals surface area contributed by atoms with Gasteiger partial charge < -0.3 is 9.47 Å². The number of benzene rings is 1. The Morgan fingerprint density at radius 2 is 2.36 bits per heavy atom. The van der Waals surface area contributed by atoms with Gasteiger partial charge in [0, 0.05) is 0 Å². The van der Waals surface area contributed by atoms with Crippen LogP contribution in [0.3, 0.4) is 0 Å². The molecule has 0 saturated carbocycles. The van der Waals surface area contributed by atoms with E-state index >= 15 is 0 Å². The zero-order valence-corrected chi connectivity index (χ0v) is 6.46. The second kappa shape index (κ2) is 2.46. The Morgan fingerprint density at radius 3 is 3.18 bits per heavy atom. The zero-order valence-electron chi connectivity index (χ0n) is 6.46. The Bertz CT molecular complexity index is 268. The molecule has 0 bridgehead atoms. The maximum atomic E-state index is 5.41. The first-order valence-corrected chi connectivity index (χ1v) is 3.85. The number of para-hydroxylation sites is 1. The molecule has 1 aromatic carbocycles. The molecule has 2 nitrogen and oxygen atoms in total. The average Bonchev–Trinajstić information content (AvgIpc) is 2.79. The summed E-state index contributed by atoms with van der Waals surface area (Å²) in [5.74, 6) is 2.75. The molecule has 2 heteroatoms. The summed E-state index contributed by atoms with van der Waals surface area (Å²) in [5, 5.41) is 0. The second-order valence-corrected chi connectivity index (χ2v) is 2.53. The number of ether oxygens (including phenoxy) is 2. The molecule has 0 aromatic heterocycles. The maximum absolute atomic E-state index is 5.41. The van der Waals surface area contributed by atoms with E-state index in [0.717, 1.165) is 30.3 Å². The van der Waals surface area contributed by atoms with Gasteiger partial charge in [-0.05, 0) is 18.6 Å². The summed E-state index contributed by atoms with van der Waals surface area (Å²) in [6, 6.07) is 5.81. The van der Waals surface area contributed by atoms with Crippen LogP contribution >= 0.6 is 0 Å². The first-order valence-electron chi connectivity index (χ1n) is 3.85. The van der Waals surface area contributed by atoms with Gasteiger partial charge in [-0.2, -0.15) is 0 Å². The van der Waals surface area contributed by atoms with Gasteiger partial charge in [-0.15, -0.1) is 0 Å². The lowest BCUT2D eigenvalue weighted by Gasteiger charge is -1.99. The molecule has 58 valence electrons. The summed E-state index contributed by atoms with van der Waals surface area (Å²) in [7, 11) is 0. The fraction of sp³-hybridized carbons (Fsp3) is 0.333. The topological polar surface area (TPSA) is 21.8 Å². The minimum Gasteiger partial charge on any atom is -0.490 e. The molecule has 1 aliphatic rings. The lowest BCUT2D eigenvalue weighted by atomic mass is 10.3. The average molecular weight is 150 g/mol. The molecule has 0 aliphatic carbocycles. The summed E-state index contributed by atoms with van der Waals surface area (Å²) in [6.07, 6.45) is 1.03. The first kappa shape index (κ1) is 6.53. The van der Waals surface area contributed by atoms with E-state index in [1.54, 1.807) is 0 Å². The van der Waals surface area contributed by atoms with Crippen molar-refractivity contribution in [1.29, 1.82) is 0 Å². The Morgan fingerprint density at radius 1 is 1.45 bits per heavy atom. The Labute approximate surface area is 65.7 Å². The first-order chi connectivity index (χ1) is 5.42. The van der Waals surface area contributed by atoms with Crippen molar-refractivity contribution < 1.29 is 9.47 Å². The van der Waals surface area contributed by atoms with E-state index in [1.165, 1.54) is 0 Å². The van der Waals surface area contributed by atoms with E-state index < -0.39 is 0 Å². The van der Waals surface area contributed by atoms with Gasteiger partial charge in [-0.25, -0.2) is 0 Å². The van der Waals surface area contributed by atoms with Gasteiger partial charge in [0.25, 0.3) is 0 Å². The van der Waals surface area contributed by atoms with E-state index in [-0.39, 0.29) is 0 Å². The summed E-state index contributed by atoms with van der Waals surface area (Å²) in [5.41, 5.74) is 0. The molecule has 0 N–H and O–H groups in total. The highest BCUT2D eigenvalue weighted by atomic mass is 16.6. The Kier molecular flexibility index (Phi) is 1.46. The fourth-order valence-electron chi connectivity index (χ4n) is 0.990. The third kappa shape index (κ3) is 1.16. The SMILES string of the molecule is CCCOc1cccc2c1O2. The molecule has 11 heavy (non-hydrogen) atoms. The van der Waals surface area contributed by atoms with Crippen LogP contribution in [-0.2, 0) is 0 Å². The van der Waals surface area contributed by atoms with Crippen LogP contribution in [0.2, 0.25) is 0 Å². The van der Waals surface area contributed by atoms with Crippen LogP contribution in [0, 0.1) is 0 Å². The third-order valence-electron chi connectivity index (χ3n) is 1.57. The minimum absolute atomic E-state index is 0.764. The van der Waals surface area contributed by atoms with Gasteiger partial charge in [0.05, 0.1) is 6.61 Å². The summed E-state index contributed by atoms with van der Waals surface area (Å²) >= 11 is 0. The molecule has 0 spiro atoms. The third-order valence-corrected chi connectivity index (χ3v) is 1.57. The predicted octanol–water partition coefficient (Wildman–Crippen LogP) is 2.58. The van der Waals surface area contributed by atoms with Gasteiger partial charge in [-0.3, -0.25) is 0 Å². The number of hydrogen-bond acceptors (Lipinski definition) is 2. The van der Waals surface area contributed by atoms with Crippen molar-refractivity contribution in [3.8, 4) is 17.2 Å². The van der Waals surface area contributed by atoms with Crippen molar-refractivity contribution in [2.24, 2.45) is 0 Å². The maximum Gasteiger partial charge on any atom is 0.211 e. The van der Waals surface area contributed by atoms with Gasteiger partial charge in [-0.1, -0.05) is 13.0 Å². The van der Waals surface area contributed by atoms with Gasteiger partial charge in [0.1, 0.15) is 0 Å². The van der Waals surface area contributed by atoms with Gasteiger partial charge in [0.2, 0.25) is 5.75 Å². The van der Waals surface area contributed by atoms with Gasteiger partial charge >= 0.3 is 0 Å². The normalized spacial score (nSPS) is 11.7. The second-order valence-electron chi connectivity index (χ2n) is 2.53. The minimum atomic E-state index is 0.764. The lowest BCUT2D eigenvalue weighted by molar-refractivity contribution is 0.314. The predicted molar refractivity (Wildman–Crippen MR) is 42.3 cm³/mol. The highest BCUT2D eigenvalue weighted by Gasteiger charge is 2.24. The molecule has 0 saturated heterocycles. The molecular formula is C9H10O2. The van der Waals surface area contributed by atoms with Crippen LogP contribution < -0.4 is 9.47 Å². The highest BCUT2D eigenvalue weighted by Crippen LogP contribution is 2.52. The smallest absolute Gasteiger partial charge is 0.211 e. The highest BCUT2D eigenvalue weighted by molar-refractivity contribution is 5.62. The largest absolute Gasteiger partial charge is 0.490 e. The molecule has 0 radical (unpaired) electrons. The molecule has 1 aliphatic heterocycles. The molecular weight excluding hydrogens is 140 g/mol. The van der Waals surface area contributed by atoms with Crippen LogP contribution in [0.5, 0.6) is 17.2 Å². The molecule has 0 fully saturated rings. The van der Waals surface area contributed by atoms with Crippen molar-refractivity contribution in [2.45, 2.75) is 13.3 Å². The van der Waals surface area contributed by atoms with Crippen LogP contribution in [0.15, 0.2) is 18.2 Å². The standard InChI is InChI=1S/C9H10O2/c1-2-6-10-7-4-3-5-8-9(7)11-8/h3-5H,2,6H2,1H3. The van der Waals surface area contributed by atoms with Crippen molar-refractivity contribution >= 4 is 0 Å². The van der Waals surface area contributed by atoms with Crippen molar-refractivity contribution in [3.05, 3.63) is 18.2 Å². The molecule has 0 atom stereocenters. The molecule has 1 heterocycles. The van der Waals surface area contributed by atoms with E-state index in [1.807, 2.05) is 18.2 Å². The van der Waals surface area contributed by atoms with Crippen molar-refractivity contribution in [2.75, 3.05) is 6.61 Å². The zero-order chi connectivity index (χ0) is 7.68. The molecule has 2 rings (SSSR count). The van der Waals surface area contributed by atoms with Crippen LogP contribution in [0.25, 0.3) is 0 Å². The van der Waals surface area contributed by atoms with E-state index in [0.29, 0.717) is 0 Å². The quantitative estimate of drug-likeness (QED) is 0.627. The van der Waals surface area contributed by atoms with Gasteiger partial charge in [0.15, 0.2) is 11.5 Å². The number of rotatable bonds is 3. The molecule has 0 amide bonds. The van der Waals surface area contributed by atoms with Crippen LogP contribution in [0.1, 0.15) is 13.3 Å². The molecule has 0 unspecified atom stereocenters. The lowest BCUT2D eigenvalue weighted by Crippen LogP contribution is -1.92. The summed E-state index contributed by atoms with van der Waals surface area (Å²) in [4.78, 5) is 0. The van der Waals surface area contributed by atoms with Crippen molar-refractivity contribution in [3.63, 3.8) is 0 Å². The molecule has 1 aromatic rings. The van der Waals surface area contributed by atoms with E-state index in [4.69, 9.17) is 9.47 Å². The number of hydrogen-bond donors (Lipinski definition) is 0.